The molecule has 7 N–H and O–H groups in total. The summed E-state index contributed by atoms with van der Waals surface area (Å²) in [6, 6.07) is 19.7. The number of rotatable bonds is 10. The zero-order chi connectivity index (χ0) is 27.3. The topological polar surface area (TPSA) is 198 Å². The molecule has 13 nitrogen and oxygen atoms in total. The Morgan fingerprint density at radius 2 is 1.79 bits per heavy atom. The third-order valence-corrected chi connectivity index (χ3v) is 6.58. The van der Waals surface area contributed by atoms with E-state index < -0.39 is 15.9 Å². The zero-order valence-electron chi connectivity index (χ0n) is 20.4. The first-order chi connectivity index (χ1) is 18.1. The maximum Gasteiger partial charge on any atom is 0.270 e. The van der Waals surface area contributed by atoms with Crippen LogP contribution in [-0.4, -0.2) is 46.9 Å². The Morgan fingerprint density at radius 1 is 1.05 bits per heavy atom. The standard InChI is InChI=1S/C24H26N10O3S/c1-33-22(29-31-32-33)13-14-28-34(19-6-4-5-18(15-19)23(25)26)30-24(35)17-11-9-16(10-12-17)20-7-2-3-8-21(20)38(27,36)37/h2-12,15,28H,13-14H2,1H3,(H3,25,26)(H,30,35)(H2,27,36,37). The van der Waals surface area contributed by atoms with Crippen molar-refractivity contribution in [1.29, 1.82) is 5.41 Å². The Kier molecular flexibility index (Phi) is 7.76. The van der Waals surface area contributed by atoms with Crippen molar-refractivity contribution in [3.63, 3.8) is 0 Å². The van der Waals surface area contributed by atoms with Crippen LogP contribution in [0.3, 0.4) is 0 Å². The molecule has 196 valence electrons. The van der Waals surface area contributed by atoms with Gasteiger partial charge in [-0.15, -0.1) is 5.10 Å². The number of amidine groups is 1. The van der Waals surface area contributed by atoms with E-state index in [-0.39, 0.29) is 10.7 Å². The van der Waals surface area contributed by atoms with Crippen LogP contribution in [0.25, 0.3) is 11.1 Å². The number of amides is 1. The number of nitrogens with one attached hydrogen (secondary N) is 3. The molecule has 14 heteroatoms. The molecule has 0 saturated heterocycles. The fourth-order valence-electron chi connectivity index (χ4n) is 3.67. The first-order valence-electron chi connectivity index (χ1n) is 11.4. The van der Waals surface area contributed by atoms with Crippen LogP contribution < -0.4 is 26.8 Å². The van der Waals surface area contributed by atoms with Crippen LogP contribution in [0.1, 0.15) is 21.7 Å². The number of aromatic nitrogens is 4. The van der Waals surface area contributed by atoms with Gasteiger partial charge in [0, 0.05) is 36.7 Å². The number of primary sulfonamides is 1. The minimum Gasteiger partial charge on any atom is -0.384 e. The van der Waals surface area contributed by atoms with Crippen molar-refractivity contribution in [2.75, 3.05) is 11.7 Å². The van der Waals surface area contributed by atoms with Gasteiger partial charge in [0.15, 0.2) is 5.82 Å². The van der Waals surface area contributed by atoms with Crippen LogP contribution in [-0.2, 0) is 23.5 Å². The van der Waals surface area contributed by atoms with E-state index in [2.05, 4.69) is 26.4 Å². The molecular formula is C24H26N10O3S. The molecule has 1 heterocycles. The number of carbonyl (C=O) groups is 1. The van der Waals surface area contributed by atoms with Crippen LogP contribution in [0.4, 0.5) is 5.69 Å². The van der Waals surface area contributed by atoms with Crippen LogP contribution >= 0.6 is 0 Å². The first-order valence-corrected chi connectivity index (χ1v) is 12.9. The van der Waals surface area contributed by atoms with Crippen molar-refractivity contribution >= 4 is 27.5 Å². The molecule has 0 fully saturated rings. The number of nitrogens with zero attached hydrogens (tertiary/aromatic N) is 5. The number of hydrogen-bond acceptors (Lipinski definition) is 9. The minimum atomic E-state index is -3.92. The quantitative estimate of drug-likeness (QED) is 0.110. The number of tetrazole rings is 1. The monoisotopic (exact) mass is 534 g/mol. The number of nitrogen functional groups attached to an aromatic ring is 1. The molecule has 0 spiro atoms. The van der Waals surface area contributed by atoms with E-state index in [0.717, 1.165) is 0 Å². The number of carbonyl (C=O) groups excluding carboxylic acids is 1. The van der Waals surface area contributed by atoms with Gasteiger partial charge in [0.05, 0.1) is 10.6 Å². The Balaban J connectivity index is 1.55. The number of aryl methyl sites for hydroxylation is 1. The van der Waals surface area contributed by atoms with Crippen molar-refractivity contribution in [3.8, 4) is 11.1 Å². The smallest absolute Gasteiger partial charge is 0.270 e. The molecule has 4 rings (SSSR count). The predicted molar refractivity (Wildman–Crippen MR) is 141 cm³/mol. The number of hydrazine groups is 2. The molecule has 0 unspecified atom stereocenters. The highest BCUT2D eigenvalue weighted by atomic mass is 32.2. The molecule has 0 aliphatic rings. The minimum absolute atomic E-state index is 0.00366. The van der Waals surface area contributed by atoms with Crippen molar-refractivity contribution in [3.05, 3.63) is 89.7 Å². The zero-order valence-corrected chi connectivity index (χ0v) is 21.2. The third kappa shape index (κ3) is 6.18. The largest absolute Gasteiger partial charge is 0.384 e. The Labute approximate surface area is 218 Å². The van der Waals surface area contributed by atoms with E-state index in [1.54, 1.807) is 78.5 Å². The Hall–Kier alpha value is -4.66. The number of hydrogen-bond donors (Lipinski definition) is 5. The van der Waals surface area contributed by atoms with E-state index in [9.17, 15) is 13.2 Å². The molecule has 1 aromatic heterocycles. The van der Waals surface area contributed by atoms with Gasteiger partial charge in [0.2, 0.25) is 10.0 Å². The van der Waals surface area contributed by atoms with Gasteiger partial charge in [-0.2, -0.15) is 0 Å². The molecule has 4 aromatic rings. The van der Waals surface area contributed by atoms with Crippen molar-refractivity contribution in [1.82, 2.24) is 31.1 Å². The summed E-state index contributed by atoms with van der Waals surface area (Å²) in [5.74, 6) is 0.104. The molecule has 0 aliphatic heterocycles. The summed E-state index contributed by atoms with van der Waals surface area (Å²) in [6.07, 6.45) is 0.473. The fourth-order valence-corrected chi connectivity index (χ4v) is 4.43. The summed E-state index contributed by atoms with van der Waals surface area (Å²) >= 11 is 0. The van der Waals surface area contributed by atoms with E-state index in [4.69, 9.17) is 16.3 Å². The van der Waals surface area contributed by atoms with Gasteiger partial charge in [0.25, 0.3) is 5.91 Å². The van der Waals surface area contributed by atoms with Crippen LogP contribution in [0.5, 0.6) is 0 Å². The number of nitrogens with two attached hydrogens (primary N) is 2. The van der Waals surface area contributed by atoms with Gasteiger partial charge >= 0.3 is 0 Å². The van der Waals surface area contributed by atoms with Gasteiger partial charge in [-0.3, -0.25) is 10.2 Å². The lowest BCUT2D eigenvalue weighted by Gasteiger charge is -2.26. The summed E-state index contributed by atoms with van der Waals surface area (Å²) in [6.45, 7) is 0.377. The molecular weight excluding hydrogens is 508 g/mol. The van der Waals surface area contributed by atoms with E-state index >= 15 is 0 Å². The Morgan fingerprint density at radius 3 is 2.45 bits per heavy atom. The first kappa shape index (κ1) is 26.4. The van der Waals surface area contributed by atoms with E-state index in [1.165, 1.54) is 11.2 Å². The lowest BCUT2D eigenvalue weighted by molar-refractivity contribution is 0.0943. The van der Waals surface area contributed by atoms with Crippen LogP contribution in [0, 0.1) is 5.41 Å². The summed E-state index contributed by atoms with van der Waals surface area (Å²) in [5, 5.41) is 25.9. The van der Waals surface area contributed by atoms with Crippen molar-refractivity contribution in [2.45, 2.75) is 11.3 Å². The maximum atomic E-state index is 13.2. The summed E-state index contributed by atoms with van der Waals surface area (Å²) in [4.78, 5) is 13.2. The second-order valence-corrected chi connectivity index (χ2v) is 9.77. The summed E-state index contributed by atoms with van der Waals surface area (Å²) in [5.41, 5.74) is 14.0. The Bertz CT molecular complexity index is 1570. The second-order valence-electron chi connectivity index (χ2n) is 8.24. The van der Waals surface area contributed by atoms with Crippen LogP contribution in [0.2, 0.25) is 0 Å². The molecule has 38 heavy (non-hydrogen) atoms. The molecule has 1 amide bonds. The molecule has 3 aromatic carbocycles. The van der Waals surface area contributed by atoms with Crippen molar-refractivity contribution in [2.24, 2.45) is 17.9 Å². The lowest BCUT2D eigenvalue weighted by atomic mass is 10.0. The van der Waals surface area contributed by atoms with Gasteiger partial charge in [-0.25, -0.2) is 34.2 Å². The van der Waals surface area contributed by atoms with Gasteiger partial charge in [-0.1, -0.05) is 42.5 Å². The highest BCUT2D eigenvalue weighted by Gasteiger charge is 2.17. The normalized spacial score (nSPS) is 11.2. The number of benzene rings is 3. The maximum absolute atomic E-state index is 13.2. The average Bonchev–Trinajstić information content (AvgIpc) is 3.32. The second kappa shape index (κ2) is 11.2. The van der Waals surface area contributed by atoms with E-state index in [1.807, 2.05) is 0 Å². The van der Waals surface area contributed by atoms with Gasteiger partial charge < -0.3 is 5.73 Å². The SMILES string of the molecule is Cn1nnnc1CCNN(NC(=O)c1ccc(-c2ccccc2S(N)(=O)=O)cc1)c1cccc(C(=N)N)c1. The lowest BCUT2D eigenvalue weighted by Crippen LogP contribution is -2.52. The molecule has 0 bridgehead atoms. The highest BCUT2D eigenvalue weighted by molar-refractivity contribution is 7.89. The number of sulfonamides is 1. The molecule has 0 aliphatic carbocycles. The third-order valence-electron chi connectivity index (χ3n) is 5.61. The van der Waals surface area contributed by atoms with Crippen LogP contribution in [0.15, 0.2) is 77.7 Å². The fraction of sp³-hybridized carbons (Fsp3) is 0.125. The molecule has 0 radical (unpaired) electrons. The van der Waals surface area contributed by atoms with E-state index in [0.29, 0.717) is 46.7 Å². The van der Waals surface area contributed by atoms with Gasteiger partial charge in [0.1, 0.15) is 5.84 Å². The molecule has 0 atom stereocenters. The average molecular weight is 535 g/mol. The summed E-state index contributed by atoms with van der Waals surface area (Å²) < 4.78 is 25.5. The highest BCUT2D eigenvalue weighted by Crippen LogP contribution is 2.26. The summed E-state index contributed by atoms with van der Waals surface area (Å²) in [7, 11) is -2.19. The number of anilines is 1. The van der Waals surface area contributed by atoms with Gasteiger partial charge in [-0.05, 0) is 46.3 Å². The molecule has 0 saturated carbocycles. The predicted octanol–water partition coefficient (Wildman–Crippen LogP) is 0.707. The van der Waals surface area contributed by atoms with Crippen molar-refractivity contribution < 1.29 is 13.2 Å².